The van der Waals surface area contributed by atoms with Crippen molar-refractivity contribution >= 4 is 11.6 Å². The first-order valence-corrected chi connectivity index (χ1v) is 10.2. The van der Waals surface area contributed by atoms with Crippen LogP contribution in [0, 0.1) is 39.5 Å². The number of aryl methyl sites for hydroxylation is 4. The van der Waals surface area contributed by atoms with Crippen molar-refractivity contribution in [1.29, 1.82) is 0 Å². The lowest BCUT2D eigenvalue weighted by Crippen LogP contribution is -2.34. The summed E-state index contributed by atoms with van der Waals surface area (Å²) in [4.78, 5) is 26.9. The molecule has 2 aromatic carbocycles. The van der Waals surface area contributed by atoms with Crippen LogP contribution in [-0.2, 0) is 14.3 Å². The Labute approximate surface area is 166 Å². The highest BCUT2D eigenvalue weighted by atomic mass is 16.5. The second kappa shape index (κ2) is 6.12. The number of hydrogen-bond acceptors (Lipinski definition) is 3. The third kappa shape index (κ3) is 2.32. The molecule has 3 fully saturated rings. The summed E-state index contributed by atoms with van der Waals surface area (Å²) in [6, 6.07) is 12.5. The molecular formula is C25H26O3. The Balaban J connectivity index is 1.54. The molecule has 5 rings (SSSR count). The topological polar surface area (TPSA) is 43.4 Å². The van der Waals surface area contributed by atoms with Gasteiger partial charge in [0.15, 0.2) is 11.6 Å². The Morgan fingerprint density at radius 3 is 2.18 bits per heavy atom. The van der Waals surface area contributed by atoms with Crippen molar-refractivity contribution < 1.29 is 14.3 Å². The van der Waals surface area contributed by atoms with Crippen LogP contribution in [0.3, 0.4) is 0 Å². The zero-order valence-corrected chi connectivity index (χ0v) is 16.9. The van der Waals surface area contributed by atoms with Crippen LogP contribution in [0.4, 0.5) is 0 Å². The van der Waals surface area contributed by atoms with E-state index in [2.05, 4.69) is 44.2 Å². The molecule has 0 N–H and O–H groups in total. The summed E-state index contributed by atoms with van der Waals surface area (Å²) in [6.45, 7) is 8.20. The predicted octanol–water partition coefficient (Wildman–Crippen LogP) is 4.34. The van der Waals surface area contributed by atoms with Gasteiger partial charge in [-0.3, -0.25) is 9.59 Å². The van der Waals surface area contributed by atoms with Crippen molar-refractivity contribution in [3.05, 3.63) is 69.8 Å². The van der Waals surface area contributed by atoms with E-state index < -0.39 is 5.92 Å². The summed E-state index contributed by atoms with van der Waals surface area (Å²) in [7, 11) is 0. The smallest absolute Gasteiger partial charge is 0.154 e. The number of carbonyl (C=O) groups is 2. The van der Waals surface area contributed by atoms with E-state index in [4.69, 9.17) is 4.74 Å². The van der Waals surface area contributed by atoms with Crippen molar-refractivity contribution in [3.8, 4) is 0 Å². The van der Waals surface area contributed by atoms with Crippen LogP contribution in [0.2, 0.25) is 0 Å². The molecule has 3 aliphatic rings. The first-order chi connectivity index (χ1) is 13.4. The average Bonchev–Trinajstić information content (AvgIpc) is 3.28. The lowest BCUT2D eigenvalue weighted by molar-refractivity contribution is -0.127. The number of ketones is 2. The van der Waals surface area contributed by atoms with Crippen LogP contribution < -0.4 is 0 Å². The van der Waals surface area contributed by atoms with Gasteiger partial charge < -0.3 is 4.74 Å². The van der Waals surface area contributed by atoms with Crippen molar-refractivity contribution in [3.63, 3.8) is 0 Å². The van der Waals surface area contributed by atoms with Crippen LogP contribution in [-0.4, -0.2) is 23.8 Å². The Morgan fingerprint density at radius 1 is 0.857 bits per heavy atom. The number of benzene rings is 2. The Hall–Kier alpha value is -2.26. The Morgan fingerprint density at radius 2 is 1.50 bits per heavy atom. The molecule has 2 bridgehead atoms. The number of Topliss-reactive ketones (excluding diaryl/α,β-unsaturated/α-hetero) is 2. The highest BCUT2D eigenvalue weighted by Gasteiger charge is 2.66. The second-order valence-corrected chi connectivity index (χ2v) is 8.94. The van der Waals surface area contributed by atoms with Gasteiger partial charge >= 0.3 is 0 Å². The van der Waals surface area contributed by atoms with Gasteiger partial charge in [0.2, 0.25) is 0 Å². The van der Waals surface area contributed by atoms with Crippen LogP contribution in [0.25, 0.3) is 0 Å². The number of hydrogen-bond donors (Lipinski definition) is 0. The van der Waals surface area contributed by atoms with Crippen LogP contribution in [0.15, 0.2) is 36.4 Å². The van der Waals surface area contributed by atoms with E-state index in [0.717, 1.165) is 23.1 Å². The SMILES string of the molecule is Cc1cc(C)c(C2C(=O)[C@@H]3[C@@H]4O[C@@H](C[C@H]4c4ccccc4C)[C@@H]3C2=O)c(C)c1. The predicted molar refractivity (Wildman–Crippen MR) is 108 cm³/mol. The molecule has 144 valence electrons. The van der Waals surface area contributed by atoms with Crippen molar-refractivity contribution in [1.82, 2.24) is 0 Å². The average molecular weight is 374 g/mol. The molecular weight excluding hydrogens is 348 g/mol. The highest BCUT2D eigenvalue weighted by molar-refractivity contribution is 6.17. The minimum absolute atomic E-state index is 0.0795. The van der Waals surface area contributed by atoms with Gasteiger partial charge in [-0.15, -0.1) is 0 Å². The van der Waals surface area contributed by atoms with Gasteiger partial charge in [0.25, 0.3) is 0 Å². The molecule has 0 aromatic heterocycles. The maximum atomic E-state index is 13.5. The quantitative estimate of drug-likeness (QED) is 0.735. The number of rotatable bonds is 2. The molecule has 3 nitrogen and oxygen atoms in total. The molecule has 2 saturated heterocycles. The highest BCUT2D eigenvalue weighted by Crippen LogP contribution is 2.57. The van der Waals surface area contributed by atoms with Crippen molar-refractivity contribution in [2.45, 2.75) is 58.2 Å². The fourth-order valence-electron chi connectivity index (χ4n) is 6.20. The monoisotopic (exact) mass is 374 g/mol. The largest absolute Gasteiger partial charge is 0.373 e. The molecule has 28 heavy (non-hydrogen) atoms. The summed E-state index contributed by atoms with van der Waals surface area (Å²) in [5.74, 6) is -0.788. The fraction of sp³-hybridized carbons (Fsp3) is 0.440. The van der Waals surface area contributed by atoms with Gasteiger partial charge in [-0.2, -0.15) is 0 Å². The summed E-state index contributed by atoms with van der Waals surface area (Å²) in [6.07, 6.45) is 0.560. The molecule has 0 radical (unpaired) electrons. The maximum Gasteiger partial charge on any atom is 0.154 e. The third-order valence-corrected chi connectivity index (χ3v) is 7.20. The van der Waals surface area contributed by atoms with E-state index in [9.17, 15) is 9.59 Å². The van der Waals surface area contributed by atoms with E-state index in [1.807, 2.05) is 19.9 Å². The lowest BCUT2D eigenvalue weighted by atomic mass is 9.72. The van der Waals surface area contributed by atoms with E-state index in [0.29, 0.717) is 0 Å². The standard InChI is InChI=1S/C25H26O3/c1-12-9-14(3)19(15(4)10-12)21-23(26)20-18-11-17(16-8-6-5-7-13(16)2)25(28-18)22(20)24(21)27/h5-10,17-18,20-22,25H,11H2,1-4H3/t17-,18-,20-,21?,22+,25+/m0/s1. The Bertz CT molecular complexity index is 982. The van der Waals surface area contributed by atoms with Gasteiger partial charge in [-0.1, -0.05) is 42.0 Å². The molecule has 0 spiro atoms. The second-order valence-electron chi connectivity index (χ2n) is 8.94. The van der Waals surface area contributed by atoms with E-state index in [1.165, 1.54) is 16.7 Å². The normalized spacial score (nSPS) is 33.6. The van der Waals surface area contributed by atoms with Gasteiger partial charge in [0, 0.05) is 5.92 Å². The minimum Gasteiger partial charge on any atom is -0.373 e. The molecule has 2 heterocycles. The van der Waals surface area contributed by atoms with Gasteiger partial charge in [0.05, 0.1) is 24.0 Å². The summed E-state index contributed by atoms with van der Waals surface area (Å²) in [5, 5.41) is 0. The van der Waals surface area contributed by atoms with E-state index in [-0.39, 0.29) is 41.5 Å². The first-order valence-electron chi connectivity index (χ1n) is 10.2. The number of carbonyl (C=O) groups excluding carboxylic acids is 2. The molecule has 1 unspecified atom stereocenters. The van der Waals surface area contributed by atoms with Crippen molar-refractivity contribution in [2.75, 3.05) is 0 Å². The molecule has 1 aliphatic carbocycles. The molecule has 3 heteroatoms. The van der Waals surface area contributed by atoms with E-state index in [1.54, 1.807) is 0 Å². The third-order valence-electron chi connectivity index (χ3n) is 7.20. The van der Waals surface area contributed by atoms with Crippen molar-refractivity contribution in [2.24, 2.45) is 11.8 Å². The minimum atomic E-state index is -0.611. The summed E-state index contributed by atoms with van der Waals surface area (Å²) >= 11 is 0. The molecule has 2 aliphatic heterocycles. The molecule has 6 atom stereocenters. The van der Waals surface area contributed by atoms with Gasteiger partial charge in [-0.05, 0) is 61.9 Å². The van der Waals surface area contributed by atoms with Crippen LogP contribution in [0.5, 0.6) is 0 Å². The summed E-state index contributed by atoms with van der Waals surface area (Å²) < 4.78 is 6.22. The zero-order chi connectivity index (χ0) is 19.7. The van der Waals surface area contributed by atoms with Gasteiger partial charge in [-0.25, -0.2) is 0 Å². The zero-order valence-electron chi connectivity index (χ0n) is 16.9. The van der Waals surface area contributed by atoms with Gasteiger partial charge in [0.1, 0.15) is 5.92 Å². The first kappa shape index (κ1) is 17.8. The lowest BCUT2D eigenvalue weighted by Gasteiger charge is -2.27. The molecule has 1 saturated carbocycles. The molecule has 0 amide bonds. The number of fused-ring (bicyclic) bond motifs is 5. The number of ether oxygens (including phenoxy) is 1. The molecule has 2 aromatic rings. The maximum absolute atomic E-state index is 13.5. The fourth-order valence-corrected chi connectivity index (χ4v) is 6.20. The Kier molecular flexibility index (Phi) is 3.89. The summed E-state index contributed by atoms with van der Waals surface area (Å²) in [5.41, 5.74) is 6.70. The van der Waals surface area contributed by atoms with E-state index >= 15 is 0 Å². The van der Waals surface area contributed by atoms with Crippen LogP contribution >= 0.6 is 0 Å². The van der Waals surface area contributed by atoms with Crippen LogP contribution in [0.1, 0.15) is 51.6 Å².